The van der Waals surface area contributed by atoms with Gasteiger partial charge >= 0.3 is 0 Å². The fourth-order valence-electron chi connectivity index (χ4n) is 1.34. The van der Waals surface area contributed by atoms with Crippen molar-refractivity contribution >= 4 is 23.4 Å². The quantitative estimate of drug-likeness (QED) is 0.851. The third kappa shape index (κ3) is 3.72. The fourth-order valence-corrected chi connectivity index (χ4v) is 1.83. The summed E-state index contributed by atoms with van der Waals surface area (Å²) in [6, 6.07) is 5.13. The molecule has 96 valence electrons. The molecule has 4 nitrogen and oxygen atoms in total. The zero-order valence-corrected chi connectivity index (χ0v) is 10.8. The van der Waals surface area contributed by atoms with Gasteiger partial charge in [-0.05, 0) is 30.6 Å². The molecule has 0 saturated heterocycles. The zero-order valence-electron chi connectivity index (χ0n) is 9.94. The van der Waals surface area contributed by atoms with E-state index in [4.69, 9.17) is 11.0 Å². The van der Waals surface area contributed by atoms with Crippen LogP contribution in [0.15, 0.2) is 18.2 Å². The Hall–Kier alpha value is -1.58. The van der Waals surface area contributed by atoms with Gasteiger partial charge in [0.05, 0.1) is 11.7 Å². The van der Waals surface area contributed by atoms with Crippen molar-refractivity contribution in [1.82, 2.24) is 0 Å². The molecule has 0 fully saturated rings. The Balaban J connectivity index is 2.76. The Morgan fingerprint density at radius 3 is 3.00 bits per heavy atom. The van der Waals surface area contributed by atoms with Gasteiger partial charge in [0.15, 0.2) is 0 Å². The SMILES string of the molecule is CSCC[C@H](N)C(=O)Nc1cccc(F)c1C#N. The molecule has 0 spiro atoms. The van der Waals surface area contributed by atoms with Gasteiger partial charge in [-0.1, -0.05) is 6.07 Å². The lowest BCUT2D eigenvalue weighted by Crippen LogP contribution is -2.36. The van der Waals surface area contributed by atoms with Gasteiger partial charge in [-0.2, -0.15) is 17.0 Å². The summed E-state index contributed by atoms with van der Waals surface area (Å²) in [6.07, 6.45) is 2.45. The Labute approximate surface area is 109 Å². The minimum Gasteiger partial charge on any atom is -0.323 e. The summed E-state index contributed by atoms with van der Waals surface area (Å²) in [6.45, 7) is 0. The van der Waals surface area contributed by atoms with Gasteiger partial charge in [0.25, 0.3) is 0 Å². The Bertz CT molecular complexity index is 473. The van der Waals surface area contributed by atoms with Crippen LogP contribution in [0.4, 0.5) is 10.1 Å². The Kier molecular flexibility index (Phi) is 5.62. The molecular weight excluding hydrogens is 253 g/mol. The summed E-state index contributed by atoms with van der Waals surface area (Å²) in [7, 11) is 0. The summed E-state index contributed by atoms with van der Waals surface area (Å²) in [5.74, 6) is -0.304. The number of carbonyl (C=O) groups excluding carboxylic acids is 1. The normalized spacial score (nSPS) is 11.7. The van der Waals surface area contributed by atoms with Crippen molar-refractivity contribution in [1.29, 1.82) is 5.26 Å². The van der Waals surface area contributed by atoms with Crippen LogP contribution in [-0.2, 0) is 4.79 Å². The summed E-state index contributed by atoms with van der Waals surface area (Å²) < 4.78 is 13.3. The van der Waals surface area contributed by atoms with Crippen LogP contribution in [0.25, 0.3) is 0 Å². The van der Waals surface area contributed by atoms with Crippen molar-refractivity contribution in [2.24, 2.45) is 5.73 Å². The number of amides is 1. The minimum atomic E-state index is -0.660. The molecule has 0 bridgehead atoms. The molecule has 0 aliphatic carbocycles. The van der Waals surface area contributed by atoms with E-state index in [0.717, 1.165) is 5.75 Å². The minimum absolute atomic E-state index is 0.155. The summed E-state index contributed by atoms with van der Waals surface area (Å²) in [5.41, 5.74) is 5.66. The van der Waals surface area contributed by atoms with Crippen molar-refractivity contribution in [3.63, 3.8) is 0 Å². The number of nitrogens with two attached hydrogens (primary N) is 1. The van der Waals surface area contributed by atoms with E-state index in [0.29, 0.717) is 6.42 Å². The van der Waals surface area contributed by atoms with Gasteiger partial charge in [-0.15, -0.1) is 0 Å². The van der Waals surface area contributed by atoms with E-state index in [-0.39, 0.29) is 11.3 Å². The number of halogens is 1. The van der Waals surface area contributed by atoms with Gasteiger partial charge in [0.1, 0.15) is 17.4 Å². The molecule has 0 aromatic heterocycles. The highest BCUT2D eigenvalue weighted by molar-refractivity contribution is 7.98. The lowest BCUT2D eigenvalue weighted by atomic mass is 10.1. The highest BCUT2D eigenvalue weighted by Crippen LogP contribution is 2.18. The number of thioether (sulfide) groups is 1. The van der Waals surface area contributed by atoms with E-state index in [1.165, 1.54) is 18.2 Å². The molecule has 0 unspecified atom stereocenters. The number of rotatable bonds is 5. The van der Waals surface area contributed by atoms with Gasteiger partial charge in [-0.3, -0.25) is 4.79 Å². The number of nitrogens with one attached hydrogen (secondary N) is 1. The largest absolute Gasteiger partial charge is 0.323 e. The van der Waals surface area contributed by atoms with Crippen molar-refractivity contribution < 1.29 is 9.18 Å². The average Bonchev–Trinajstić information content (AvgIpc) is 2.36. The van der Waals surface area contributed by atoms with Crippen molar-refractivity contribution in [3.05, 3.63) is 29.6 Å². The van der Waals surface area contributed by atoms with Crippen LogP contribution in [0.3, 0.4) is 0 Å². The highest BCUT2D eigenvalue weighted by atomic mass is 32.2. The van der Waals surface area contributed by atoms with E-state index in [2.05, 4.69) is 5.32 Å². The van der Waals surface area contributed by atoms with Gasteiger partial charge < -0.3 is 11.1 Å². The molecule has 6 heteroatoms. The van der Waals surface area contributed by atoms with Crippen LogP contribution in [0, 0.1) is 17.1 Å². The predicted molar refractivity (Wildman–Crippen MR) is 70.7 cm³/mol. The Morgan fingerprint density at radius 1 is 1.67 bits per heavy atom. The van der Waals surface area contributed by atoms with Crippen LogP contribution >= 0.6 is 11.8 Å². The van der Waals surface area contributed by atoms with Crippen LogP contribution in [0.1, 0.15) is 12.0 Å². The number of carbonyl (C=O) groups is 1. The summed E-state index contributed by atoms with van der Waals surface area (Å²) in [5, 5.41) is 11.3. The molecule has 18 heavy (non-hydrogen) atoms. The van der Waals surface area contributed by atoms with Crippen LogP contribution in [-0.4, -0.2) is 24.0 Å². The maximum absolute atomic E-state index is 13.3. The molecule has 0 heterocycles. The standard InChI is InChI=1S/C12H14FN3OS/c1-18-6-5-10(15)12(17)16-11-4-2-3-9(13)8(11)7-14/h2-4,10H,5-6,15H2,1H3,(H,16,17)/t10-/m0/s1. The van der Waals surface area contributed by atoms with Crippen molar-refractivity contribution in [2.75, 3.05) is 17.3 Å². The second-order valence-electron chi connectivity index (χ2n) is 3.65. The van der Waals surface area contributed by atoms with E-state index < -0.39 is 17.8 Å². The van der Waals surface area contributed by atoms with Crippen LogP contribution in [0.2, 0.25) is 0 Å². The number of benzene rings is 1. The fraction of sp³-hybridized carbons (Fsp3) is 0.333. The molecule has 1 amide bonds. The smallest absolute Gasteiger partial charge is 0.241 e. The molecule has 1 aromatic carbocycles. The monoisotopic (exact) mass is 267 g/mol. The van der Waals surface area contributed by atoms with Gasteiger partial charge in [0, 0.05) is 0 Å². The first kappa shape index (κ1) is 14.5. The van der Waals surface area contributed by atoms with Gasteiger partial charge in [-0.25, -0.2) is 4.39 Å². The highest BCUT2D eigenvalue weighted by Gasteiger charge is 2.16. The number of nitrogens with zero attached hydrogens (tertiary/aromatic N) is 1. The molecule has 0 saturated carbocycles. The third-order valence-electron chi connectivity index (χ3n) is 2.35. The second-order valence-corrected chi connectivity index (χ2v) is 4.64. The Morgan fingerprint density at radius 2 is 2.39 bits per heavy atom. The van der Waals surface area contributed by atoms with E-state index in [9.17, 15) is 9.18 Å². The molecule has 1 aromatic rings. The summed E-state index contributed by atoms with van der Waals surface area (Å²) >= 11 is 1.59. The van der Waals surface area contributed by atoms with E-state index >= 15 is 0 Å². The molecule has 0 aliphatic heterocycles. The molecular formula is C12H14FN3OS. The number of hydrogen-bond acceptors (Lipinski definition) is 4. The molecule has 1 rings (SSSR count). The molecule has 1 atom stereocenters. The zero-order chi connectivity index (χ0) is 13.5. The van der Waals surface area contributed by atoms with Crippen LogP contribution in [0.5, 0.6) is 0 Å². The maximum Gasteiger partial charge on any atom is 0.241 e. The summed E-state index contributed by atoms with van der Waals surface area (Å²) in [4.78, 5) is 11.7. The molecule has 0 aliphatic rings. The maximum atomic E-state index is 13.3. The lowest BCUT2D eigenvalue weighted by Gasteiger charge is -2.12. The number of hydrogen-bond donors (Lipinski definition) is 2. The lowest BCUT2D eigenvalue weighted by molar-refractivity contribution is -0.117. The first-order valence-electron chi connectivity index (χ1n) is 5.34. The van der Waals surface area contributed by atoms with Gasteiger partial charge in [0.2, 0.25) is 5.91 Å². The first-order chi connectivity index (χ1) is 8.60. The van der Waals surface area contributed by atoms with E-state index in [1.54, 1.807) is 17.8 Å². The topological polar surface area (TPSA) is 78.9 Å². The van der Waals surface area contributed by atoms with Crippen molar-refractivity contribution in [2.45, 2.75) is 12.5 Å². The number of anilines is 1. The second kappa shape index (κ2) is 6.99. The van der Waals surface area contributed by atoms with E-state index in [1.807, 2.05) is 6.26 Å². The van der Waals surface area contributed by atoms with Crippen molar-refractivity contribution in [3.8, 4) is 6.07 Å². The predicted octanol–water partition coefficient (Wildman–Crippen LogP) is 1.72. The van der Waals surface area contributed by atoms with Crippen LogP contribution < -0.4 is 11.1 Å². The first-order valence-corrected chi connectivity index (χ1v) is 6.73. The third-order valence-corrected chi connectivity index (χ3v) is 3.00. The molecule has 0 radical (unpaired) electrons. The number of nitriles is 1. The molecule has 3 N–H and O–H groups in total. The average molecular weight is 267 g/mol.